The molecular weight excluding hydrogens is 616 g/mol. The Morgan fingerprint density at radius 1 is 0.875 bits per heavy atom. The molecule has 0 bridgehead atoms. The molecule has 0 fully saturated rings. The highest BCUT2D eigenvalue weighted by Crippen LogP contribution is 2.29. The van der Waals surface area contributed by atoms with Crippen molar-refractivity contribution in [2.45, 2.75) is 50.7 Å². The minimum atomic E-state index is -4.26. The van der Waals surface area contributed by atoms with Crippen molar-refractivity contribution in [2.75, 3.05) is 10.8 Å². The Balaban J connectivity index is 2.07. The number of carbonyl (C=O) groups is 2. The number of rotatable bonds is 11. The molecule has 2 amide bonds. The monoisotopic (exact) mass is 643 g/mol. The number of amides is 2. The highest BCUT2D eigenvalue weighted by atomic mass is 35.5. The van der Waals surface area contributed by atoms with E-state index in [2.05, 4.69) is 5.32 Å². The molecule has 12 heteroatoms. The van der Waals surface area contributed by atoms with Crippen molar-refractivity contribution in [1.29, 1.82) is 0 Å². The molecule has 0 radical (unpaired) electrons. The van der Waals surface area contributed by atoms with Crippen molar-refractivity contribution in [2.24, 2.45) is 0 Å². The van der Waals surface area contributed by atoms with Crippen LogP contribution in [0.25, 0.3) is 0 Å². The van der Waals surface area contributed by atoms with E-state index in [1.54, 1.807) is 37.3 Å². The third-order valence-corrected chi connectivity index (χ3v) is 9.32. The van der Waals surface area contributed by atoms with Crippen molar-refractivity contribution >= 4 is 73.9 Å². The third kappa shape index (κ3) is 7.83. The Bertz CT molecular complexity index is 1450. The molecule has 0 saturated heterocycles. The van der Waals surface area contributed by atoms with E-state index in [-0.39, 0.29) is 28.2 Å². The number of hydrogen-bond donors (Lipinski definition) is 1. The minimum Gasteiger partial charge on any atom is -0.352 e. The Morgan fingerprint density at radius 2 is 1.48 bits per heavy atom. The Morgan fingerprint density at radius 3 is 2.05 bits per heavy atom. The summed E-state index contributed by atoms with van der Waals surface area (Å²) < 4.78 is 28.6. The largest absolute Gasteiger partial charge is 0.352 e. The molecule has 0 aliphatic heterocycles. The molecule has 0 aliphatic carbocycles. The van der Waals surface area contributed by atoms with Crippen LogP contribution < -0.4 is 9.62 Å². The van der Waals surface area contributed by atoms with Gasteiger partial charge in [0.1, 0.15) is 12.6 Å². The Kier molecular flexibility index (Phi) is 11.1. The van der Waals surface area contributed by atoms with Crippen LogP contribution in [0.5, 0.6) is 0 Å². The summed E-state index contributed by atoms with van der Waals surface area (Å²) in [5, 5.41) is 4.12. The van der Waals surface area contributed by atoms with Gasteiger partial charge in [-0.05, 0) is 74.9 Å². The van der Waals surface area contributed by atoms with Crippen LogP contribution in [0.3, 0.4) is 0 Å². The number of carbonyl (C=O) groups excluding carboxylic acids is 2. The number of nitrogens with one attached hydrogen (secondary N) is 1. The number of hydrogen-bond acceptors (Lipinski definition) is 4. The summed E-state index contributed by atoms with van der Waals surface area (Å²) in [5.41, 5.74) is 0.598. The van der Waals surface area contributed by atoms with Gasteiger partial charge >= 0.3 is 0 Å². The summed E-state index contributed by atoms with van der Waals surface area (Å²) in [6.45, 7) is 4.58. The van der Waals surface area contributed by atoms with Gasteiger partial charge in [0.2, 0.25) is 11.8 Å². The van der Waals surface area contributed by atoms with Crippen LogP contribution in [-0.4, -0.2) is 43.8 Å². The van der Waals surface area contributed by atoms with Gasteiger partial charge in [0.15, 0.2) is 0 Å². The third-order valence-electron chi connectivity index (χ3n) is 6.34. The summed E-state index contributed by atoms with van der Waals surface area (Å²) in [4.78, 5) is 28.3. The molecule has 0 spiro atoms. The molecule has 1 N–H and O–H groups in total. The van der Waals surface area contributed by atoms with Crippen LogP contribution in [0, 0.1) is 0 Å². The van der Waals surface area contributed by atoms with E-state index in [4.69, 9.17) is 46.4 Å². The number of sulfonamides is 1. The van der Waals surface area contributed by atoms with E-state index in [0.29, 0.717) is 27.1 Å². The summed E-state index contributed by atoms with van der Waals surface area (Å²) in [5.74, 6) is -1.05. The van der Waals surface area contributed by atoms with Crippen LogP contribution in [0.4, 0.5) is 5.69 Å². The molecule has 214 valence electrons. The first kappa shape index (κ1) is 32.0. The summed E-state index contributed by atoms with van der Waals surface area (Å²) in [6, 6.07) is 15.5. The number of benzene rings is 3. The SMILES string of the molecule is CC[C@@H](C)NC(=O)[C@@H](C)N(Cc1c(Cl)cccc1Cl)C(=O)CN(c1cccc(Cl)c1)S(=O)(=O)c1ccc(Cl)cc1. The first-order valence-corrected chi connectivity index (χ1v) is 15.4. The van der Waals surface area contributed by atoms with Gasteiger partial charge < -0.3 is 10.2 Å². The van der Waals surface area contributed by atoms with Crippen molar-refractivity contribution in [3.63, 3.8) is 0 Å². The molecule has 0 aromatic heterocycles. The predicted octanol–water partition coefficient (Wildman–Crippen LogP) is 6.83. The zero-order chi connectivity index (χ0) is 29.6. The second-order valence-corrected chi connectivity index (χ2v) is 12.7. The standard InChI is InChI=1S/C28H29Cl4N3O4S/c1-4-18(2)33-28(37)19(3)34(16-24-25(31)9-6-10-26(24)32)27(36)17-35(22-8-5-7-21(30)15-22)40(38,39)23-13-11-20(29)12-14-23/h5-15,18-19H,4,16-17H2,1-3H3,(H,33,37)/t18-,19-/m1/s1. The predicted molar refractivity (Wildman–Crippen MR) is 162 cm³/mol. The van der Waals surface area contributed by atoms with E-state index in [1.807, 2.05) is 13.8 Å². The average Bonchev–Trinajstić information content (AvgIpc) is 2.91. The zero-order valence-corrected chi connectivity index (χ0v) is 25.9. The summed E-state index contributed by atoms with van der Waals surface area (Å²) in [7, 11) is -4.26. The molecule has 0 heterocycles. The first-order valence-electron chi connectivity index (χ1n) is 12.4. The topological polar surface area (TPSA) is 86.8 Å². The van der Waals surface area contributed by atoms with Gasteiger partial charge in [-0.1, -0.05) is 65.5 Å². The lowest BCUT2D eigenvalue weighted by molar-refractivity contribution is -0.139. The maximum Gasteiger partial charge on any atom is 0.264 e. The van der Waals surface area contributed by atoms with Gasteiger partial charge in [-0.15, -0.1) is 0 Å². The van der Waals surface area contributed by atoms with Crippen LogP contribution in [0.2, 0.25) is 20.1 Å². The molecular formula is C28H29Cl4N3O4S. The molecule has 0 saturated carbocycles. The summed E-state index contributed by atoms with van der Waals surface area (Å²) in [6.07, 6.45) is 0.685. The van der Waals surface area contributed by atoms with Crippen LogP contribution in [0.15, 0.2) is 71.6 Å². The highest BCUT2D eigenvalue weighted by Gasteiger charge is 2.33. The Hall–Kier alpha value is -2.49. The first-order chi connectivity index (χ1) is 18.8. The minimum absolute atomic E-state index is 0.0760. The van der Waals surface area contributed by atoms with E-state index >= 15 is 0 Å². The molecule has 0 aliphatic rings. The van der Waals surface area contributed by atoms with E-state index in [1.165, 1.54) is 41.3 Å². The molecule has 40 heavy (non-hydrogen) atoms. The van der Waals surface area contributed by atoms with Crippen molar-refractivity contribution < 1.29 is 18.0 Å². The smallest absolute Gasteiger partial charge is 0.264 e. The maximum atomic E-state index is 14.0. The second-order valence-electron chi connectivity index (χ2n) is 9.16. The second kappa shape index (κ2) is 13.9. The van der Waals surface area contributed by atoms with Gasteiger partial charge in [-0.2, -0.15) is 0 Å². The van der Waals surface area contributed by atoms with E-state index < -0.39 is 34.4 Å². The van der Waals surface area contributed by atoms with Gasteiger partial charge in [0, 0.05) is 38.2 Å². The number of anilines is 1. The Labute approximate surface area is 255 Å². The fourth-order valence-electron chi connectivity index (χ4n) is 3.80. The average molecular weight is 645 g/mol. The quantitative estimate of drug-likeness (QED) is 0.248. The fraction of sp³-hybridized carbons (Fsp3) is 0.286. The van der Waals surface area contributed by atoms with Crippen molar-refractivity contribution in [1.82, 2.24) is 10.2 Å². The highest BCUT2D eigenvalue weighted by molar-refractivity contribution is 7.92. The van der Waals surface area contributed by atoms with Gasteiger partial charge in [-0.25, -0.2) is 8.42 Å². The lowest BCUT2D eigenvalue weighted by atomic mass is 10.1. The zero-order valence-electron chi connectivity index (χ0n) is 22.1. The van der Waals surface area contributed by atoms with Crippen molar-refractivity contribution in [3.8, 4) is 0 Å². The molecule has 3 aromatic rings. The van der Waals surface area contributed by atoms with Crippen LogP contribution >= 0.6 is 46.4 Å². The molecule has 0 unspecified atom stereocenters. The van der Waals surface area contributed by atoms with Crippen LogP contribution in [0.1, 0.15) is 32.8 Å². The molecule has 3 aromatic carbocycles. The normalized spacial score (nSPS) is 12.9. The van der Waals surface area contributed by atoms with Gasteiger partial charge in [-0.3, -0.25) is 13.9 Å². The molecule has 7 nitrogen and oxygen atoms in total. The van der Waals surface area contributed by atoms with Crippen LogP contribution in [-0.2, 0) is 26.2 Å². The number of nitrogens with zero attached hydrogens (tertiary/aromatic N) is 2. The fourth-order valence-corrected chi connectivity index (χ4v) is 6.03. The van der Waals surface area contributed by atoms with E-state index in [0.717, 1.165) is 4.31 Å². The molecule has 2 atom stereocenters. The van der Waals surface area contributed by atoms with Gasteiger partial charge in [0.25, 0.3) is 10.0 Å². The lowest BCUT2D eigenvalue weighted by Crippen LogP contribution is -2.52. The van der Waals surface area contributed by atoms with Gasteiger partial charge in [0.05, 0.1) is 10.6 Å². The summed E-state index contributed by atoms with van der Waals surface area (Å²) >= 11 is 25.0. The maximum absolute atomic E-state index is 14.0. The van der Waals surface area contributed by atoms with Crippen molar-refractivity contribution in [3.05, 3.63) is 92.4 Å². The number of halogens is 4. The molecule has 3 rings (SSSR count). The van der Waals surface area contributed by atoms with E-state index in [9.17, 15) is 18.0 Å². The lowest BCUT2D eigenvalue weighted by Gasteiger charge is -2.33.